The Balaban J connectivity index is 2.72. The van der Waals surface area contributed by atoms with E-state index in [0.29, 0.717) is 11.5 Å². The van der Waals surface area contributed by atoms with Crippen molar-refractivity contribution in [2.24, 2.45) is 0 Å². The quantitative estimate of drug-likeness (QED) is 0.850. The number of phenolic OH excluding ortho intramolecular Hbond substituents is 1. The van der Waals surface area contributed by atoms with Crippen molar-refractivity contribution in [2.75, 3.05) is 14.2 Å². The summed E-state index contributed by atoms with van der Waals surface area (Å²) < 4.78 is 15.8. The Bertz CT molecular complexity index is 490. The average molecular weight is 238 g/mol. The van der Waals surface area contributed by atoms with E-state index in [-0.39, 0.29) is 22.8 Å². The Hall–Kier alpha value is -1.91. The highest BCUT2D eigenvalue weighted by Crippen LogP contribution is 2.50. The van der Waals surface area contributed by atoms with Gasteiger partial charge < -0.3 is 19.3 Å². The van der Waals surface area contributed by atoms with E-state index in [1.54, 1.807) is 13.8 Å². The van der Waals surface area contributed by atoms with Crippen LogP contribution in [0.25, 0.3) is 0 Å². The number of hydrogen-bond acceptors (Lipinski definition) is 5. The molecule has 0 saturated heterocycles. The van der Waals surface area contributed by atoms with E-state index in [1.807, 2.05) is 0 Å². The third kappa shape index (κ3) is 1.50. The molecule has 1 aromatic rings. The standard InChI is InChI=1S/C12H14O5/c1-12(2)11(14)8-6(13)5-7(15-3)9(16-4)10(8)17-12/h5,13H,1-4H3. The van der Waals surface area contributed by atoms with Crippen LogP contribution in [-0.2, 0) is 0 Å². The molecule has 0 saturated carbocycles. The smallest absolute Gasteiger partial charge is 0.213 e. The Morgan fingerprint density at radius 2 is 1.94 bits per heavy atom. The maximum atomic E-state index is 12.0. The number of benzene rings is 1. The van der Waals surface area contributed by atoms with Crippen LogP contribution in [0.1, 0.15) is 24.2 Å². The van der Waals surface area contributed by atoms with Crippen molar-refractivity contribution in [3.63, 3.8) is 0 Å². The van der Waals surface area contributed by atoms with Crippen LogP contribution in [0.4, 0.5) is 0 Å². The number of carbonyl (C=O) groups excluding carboxylic acids is 1. The van der Waals surface area contributed by atoms with Gasteiger partial charge in [0.05, 0.1) is 14.2 Å². The molecule has 0 radical (unpaired) electrons. The fourth-order valence-electron chi connectivity index (χ4n) is 1.87. The molecule has 17 heavy (non-hydrogen) atoms. The predicted octanol–water partition coefficient (Wildman–Crippen LogP) is 1.76. The van der Waals surface area contributed by atoms with Crippen LogP contribution in [0.3, 0.4) is 0 Å². The largest absolute Gasteiger partial charge is 0.507 e. The molecule has 0 bridgehead atoms. The van der Waals surface area contributed by atoms with Gasteiger partial charge in [-0.05, 0) is 13.8 Å². The highest BCUT2D eigenvalue weighted by atomic mass is 16.6. The van der Waals surface area contributed by atoms with Crippen LogP contribution in [0.2, 0.25) is 0 Å². The lowest BCUT2D eigenvalue weighted by atomic mass is 9.99. The van der Waals surface area contributed by atoms with Gasteiger partial charge in [-0.2, -0.15) is 0 Å². The topological polar surface area (TPSA) is 65.0 Å². The molecule has 1 N–H and O–H groups in total. The van der Waals surface area contributed by atoms with Gasteiger partial charge in [0.2, 0.25) is 11.5 Å². The van der Waals surface area contributed by atoms with Gasteiger partial charge >= 0.3 is 0 Å². The molecule has 1 aromatic carbocycles. The molecule has 2 rings (SSSR count). The number of carbonyl (C=O) groups is 1. The van der Waals surface area contributed by atoms with Crippen LogP contribution in [-0.4, -0.2) is 30.7 Å². The van der Waals surface area contributed by atoms with E-state index in [2.05, 4.69) is 0 Å². The third-order valence-electron chi connectivity index (χ3n) is 2.74. The number of ketones is 1. The third-order valence-corrected chi connectivity index (χ3v) is 2.74. The Morgan fingerprint density at radius 3 is 2.47 bits per heavy atom. The van der Waals surface area contributed by atoms with Gasteiger partial charge in [0.25, 0.3) is 0 Å². The minimum absolute atomic E-state index is 0.146. The van der Waals surface area contributed by atoms with Crippen LogP contribution < -0.4 is 14.2 Å². The summed E-state index contributed by atoms with van der Waals surface area (Å²) in [5.41, 5.74) is -0.855. The average Bonchev–Trinajstić information content (AvgIpc) is 2.50. The summed E-state index contributed by atoms with van der Waals surface area (Å²) in [5.74, 6) is 0.451. The number of phenols is 1. The number of Topliss-reactive ketones (excluding diaryl/α,β-unsaturated/α-hetero) is 1. The zero-order valence-corrected chi connectivity index (χ0v) is 10.2. The number of hydrogen-bond donors (Lipinski definition) is 1. The first-order chi connectivity index (χ1) is 7.92. The molecular weight excluding hydrogens is 224 g/mol. The molecule has 5 nitrogen and oxygen atoms in total. The number of ether oxygens (including phenoxy) is 3. The molecule has 0 atom stereocenters. The first kappa shape index (κ1) is 11.6. The summed E-state index contributed by atoms with van der Waals surface area (Å²) >= 11 is 0. The molecule has 92 valence electrons. The van der Waals surface area contributed by atoms with Gasteiger partial charge in [-0.1, -0.05) is 0 Å². The molecule has 0 amide bonds. The molecule has 0 unspecified atom stereocenters. The summed E-state index contributed by atoms with van der Waals surface area (Å²) in [6.45, 7) is 3.28. The van der Waals surface area contributed by atoms with Crippen molar-refractivity contribution in [1.29, 1.82) is 0 Å². The van der Waals surface area contributed by atoms with Crippen LogP contribution >= 0.6 is 0 Å². The van der Waals surface area contributed by atoms with E-state index in [1.165, 1.54) is 20.3 Å². The lowest BCUT2D eigenvalue weighted by Crippen LogP contribution is -2.32. The van der Waals surface area contributed by atoms with Crippen LogP contribution in [0.15, 0.2) is 6.07 Å². The Labute approximate surface area is 98.9 Å². The minimum Gasteiger partial charge on any atom is -0.507 e. The van der Waals surface area contributed by atoms with Crippen molar-refractivity contribution < 1.29 is 24.1 Å². The maximum absolute atomic E-state index is 12.0. The lowest BCUT2D eigenvalue weighted by molar-refractivity contribution is 0.0677. The maximum Gasteiger partial charge on any atom is 0.213 e. The van der Waals surface area contributed by atoms with E-state index < -0.39 is 5.60 Å². The summed E-state index contributed by atoms with van der Waals surface area (Å²) in [4.78, 5) is 12.0. The van der Waals surface area contributed by atoms with Crippen molar-refractivity contribution in [3.05, 3.63) is 11.6 Å². The highest BCUT2D eigenvalue weighted by molar-refractivity contribution is 6.10. The van der Waals surface area contributed by atoms with Gasteiger partial charge in [0.15, 0.2) is 17.1 Å². The molecule has 1 aliphatic heterocycles. The van der Waals surface area contributed by atoms with E-state index in [0.717, 1.165) is 0 Å². The van der Waals surface area contributed by atoms with E-state index in [4.69, 9.17) is 14.2 Å². The first-order valence-corrected chi connectivity index (χ1v) is 5.14. The van der Waals surface area contributed by atoms with Crippen molar-refractivity contribution in [1.82, 2.24) is 0 Å². The van der Waals surface area contributed by atoms with Crippen molar-refractivity contribution >= 4 is 5.78 Å². The number of rotatable bonds is 2. The second-order valence-electron chi connectivity index (χ2n) is 4.28. The van der Waals surface area contributed by atoms with Crippen molar-refractivity contribution in [3.8, 4) is 23.0 Å². The minimum atomic E-state index is -1.00. The van der Waals surface area contributed by atoms with E-state index in [9.17, 15) is 9.90 Å². The van der Waals surface area contributed by atoms with Crippen molar-refractivity contribution in [2.45, 2.75) is 19.4 Å². The Kier molecular flexibility index (Phi) is 2.41. The van der Waals surface area contributed by atoms with Gasteiger partial charge in [0, 0.05) is 6.07 Å². The lowest BCUT2D eigenvalue weighted by Gasteiger charge is -2.16. The van der Waals surface area contributed by atoms with Crippen LogP contribution in [0.5, 0.6) is 23.0 Å². The number of aromatic hydroxyl groups is 1. The number of methoxy groups -OCH3 is 2. The first-order valence-electron chi connectivity index (χ1n) is 5.14. The molecule has 0 aromatic heterocycles. The van der Waals surface area contributed by atoms with Gasteiger partial charge in [0.1, 0.15) is 11.3 Å². The molecular formula is C12H14O5. The normalized spacial score (nSPS) is 16.4. The van der Waals surface area contributed by atoms with Gasteiger partial charge in [-0.15, -0.1) is 0 Å². The summed E-state index contributed by atoms with van der Waals surface area (Å²) in [6, 6.07) is 1.35. The highest BCUT2D eigenvalue weighted by Gasteiger charge is 2.44. The zero-order valence-electron chi connectivity index (χ0n) is 10.2. The molecule has 0 spiro atoms. The summed E-state index contributed by atoms with van der Waals surface area (Å²) in [6.07, 6.45) is 0. The predicted molar refractivity (Wildman–Crippen MR) is 60.2 cm³/mol. The second-order valence-corrected chi connectivity index (χ2v) is 4.28. The molecule has 1 heterocycles. The SMILES string of the molecule is COc1cc(O)c2c(c1OC)OC(C)(C)C2=O. The van der Waals surface area contributed by atoms with Gasteiger partial charge in [-0.3, -0.25) is 4.79 Å². The fourth-order valence-corrected chi connectivity index (χ4v) is 1.87. The molecule has 5 heteroatoms. The van der Waals surface area contributed by atoms with Crippen LogP contribution in [0, 0.1) is 0 Å². The summed E-state index contributed by atoms with van der Waals surface area (Å²) in [5, 5.41) is 9.83. The second kappa shape index (κ2) is 3.55. The molecule has 0 aliphatic carbocycles. The summed E-state index contributed by atoms with van der Waals surface area (Å²) in [7, 11) is 2.90. The van der Waals surface area contributed by atoms with E-state index >= 15 is 0 Å². The Morgan fingerprint density at radius 1 is 1.29 bits per heavy atom. The number of fused-ring (bicyclic) bond motifs is 1. The van der Waals surface area contributed by atoms with Gasteiger partial charge in [-0.25, -0.2) is 0 Å². The molecule has 1 aliphatic rings. The zero-order chi connectivity index (χ0) is 12.8. The molecule has 0 fully saturated rings. The monoisotopic (exact) mass is 238 g/mol. The fraction of sp³-hybridized carbons (Fsp3) is 0.417.